The smallest absolute Gasteiger partial charge is 0.142 e. The molecule has 0 fully saturated rings. The Balaban J connectivity index is 1.90. The lowest BCUT2D eigenvalue weighted by Crippen LogP contribution is -2.24. The maximum absolute atomic E-state index is 5.27. The van der Waals surface area contributed by atoms with E-state index in [9.17, 15) is 0 Å². The summed E-state index contributed by atoms with van der Waals surface area (Å²) in [6.07, 6.45) is 1.88. The van der Waals surface area contributed by atoms with E-state index >= 15 is 0 Å². The molecule has 0 N–H and O–H groups in total. The lowest BCUT2D eigenvalue weighted by molar-refractivity contribution is 0.414. The first-order valence-electron chi connectivity index (χ1n) is 8.72. The first-order chi connectivity index (χ1) is 13.1. The predicted octanol–water partition coefficient (Wildman–Crippen LogP) is 5.22. The molecule has 0 amide bonds. The van der Waals surface area contributed by atoms with Gasteiger partial charge in [0.2, 0.25) is 0 Å². The first kappa shape index (κ1) is 19.5. The number of rotatable bonds is 7. The normalized spacial score (nSPS) is 10.5. The highest BCUT2D eigenvalue weighted by Crippen LogP contribution is 2.27. The van der Waals surface area contributed by atoms with Gasteiger partial charge in [-0.05, 0) is 76.5 Å². The van der Waals surface area contributed by atoms with Gasteiger partial charge < -0.3 is 14.4 Å². The van der Waals surface area contributed by atoms with Gasteiger partial charge in [-0.2, -0.15) is 0 Å². The van der Waals surface area contributed by atoms with E-state index in [0.29, 0.717) is 0 Å². The lowest BCUT2D eigenvalue weighted by atomic mass is 10.1. The summed E-state index contributed by atoms with van der Waals surface area (Å²) >= 11 is 2.38. The molecule has 3 aromatic rings. The van der Waals surface area contributed by atoms with Crippen molar-refractivity contribution in [1.82, 2.24) is 4.98 Å². The van der Waals surface area contributed by atoms with E-state index in [4.69, 9.17) is 9.47 Å². The number of aromatic nitrogens is 1. The highest BCUT2D eigenvalue weighted by Gasteiger charge is 2.15. The molecule has 0 spiro atoms. The average Bonchev–Trinajstić information content (AvgIpc) is 2.71. The molecular formula is C22H23IN2O2. The van der Waals surface area contributed by atoms with Crippen molar-refractivity contribution in [1.29, 1.82) is 0 Å². The summed E-state index contributed by atoms with van der Waals surface area (Å²) in [5, 5.41) is 0. The van der Waals surface area contributed by atoms with Crippen molar-refractivity contribution in [2.75, 3.05) is 19.1 Å². The fourth-order valence-corrected chi connectivity index (χ4v) is 3.51. The molecule has 0 aliphatic carbocycles. The van der Waals surface area contributed by atoms with Gasteiger partial charge in [-0.3, -0.25) is 0 Å². The molecule has 0 bridgehead atoms. The van der Waals surface area contributed by atoms with Crippen LogP contribution < -0.4 is 14.4 Å². The number of halogens is 1. The van der Waals surface area contributed by atoms with Gasteiger partial charge in [0.15, 0.2) is 0 Å². The number of hydrogen-bond acceptors (Lipinski definition) is 4. The summed E-state index contributed by atoms with van der Waals surface area (Å²) in [6.45, 7) is 3.65. The molecule has 4 nitrogen and oxygen atoms in total. The Labute approximate surface area is 174 Å². The van der Waals surface area contributed by atoms with Gasteiger partial charge >= 0.3 is 0 Å². The van der Waals surface area contributed by atoms with Gasteiger partial charge in [-0.25, -0.2) is 4.98 Å². The Morgan fingerprint density at radius 1 is 0.815 bits per heavy atom. The number of ether oxygens (including phenoxy) is 2. The zero-order chi connectivity index (χ0) is 19.2. The van der Waals surface area contributed by atoms with Crippen LogP contribution >= 0.6 is 22.6 Å². The molecule has 0 saturated heterocycles. The second-order valence-corrected chi connectivity index (χ2v) is 7.40. The molecule has 0 aliphatic heterocycles. The molecule has 0 unspecified atom stereocenters. The monoisotopic (exact) mass is 474 g/mol. The molecule has 0 atom stereocenters. The van der Waals surface area contributed by atoms with Crippen molar-refractivity contribution in [3.05, 3.63) is 81.1 Å². The maximum Gasteiger partial charge on any atom is 0.142 e. The minimum atomic E-state index is 0.766. The van der Waals surface area contributed by atoms with Crippen LogP contribution in [0.5, 0.6) is 11.5 Å². The van der Waals surface area contributed by atoms with E-state index in [0.717, 1.165) is 30.4 Å². The van der Waals surface area contributed by atoms with Gasteiger partial charge in [0.1, 0.15) is 17.3 Å². The van der Waals surface area contributed by atoms with Crippen LogP contribution in [-0.4, -0.2) is 19.2 Å². The standard InChI is InChI=1S/C22H23IN2O2/c1-16-12-13-24-22(21(16)23)25(14-17-4-8-19(26-2)9-5-17)15-18-6-10-20(27-3)11-7-18/h4-13H,14-15H2,1-3H3. The average molecular weight is 474 g/mol. The molecule has 0 aliphatic rings. The van der Waals surface area contributed by atoms with Gasteiger partial charge in [0.25, 0.3) is 0 Å². The quantitative estimate of drug-likeness (QED) is 0.440. The summed E-state index contributed by atoms with van der Waals surface area (Å²) in [4.78, 5) is 6.97. The number of benzene rings is 2. The van der Waals surface area contributed by atoms with Crippen LogP contribution in [0, 0.1) is 10.5 Å². The number of aryl methyl sites for hydroxylation is 1. The molecule has 5 heteroatoms. The molecule has 3 rings (SSSR count). The summed E-state index contributed by atoms with van der Waals surface area (Å²) in [5.74, 6) is 2.73. The second kappa shape index (κ2) is 9.08. The molecule has 140 valence electrons. The number of nitrogens with zero attached hydrogens (tertiary/aromatic N) is 2. The van der Waals surface area contributed by atoms with Crippen LogP contribution in [0.15, 0.2) is 60.8 Å². The third-order valence-corrected chi connectivity index (χ3v) is 5.76. The highest BCUT2D eigenvalue weighted by molar-refractivity contribution is 14.1. The Hall–Kier alpha value is -2.28. The van der Waals surface area contributed by atoms with Crippen molar-refractivity contribution in [3.63, 3.8) is 0 Å². The number of pyridine rings is 1. The van der Waals surface area contributed by atoms with E-state index in [2.05, 4.69) is 63.7 Å². The van der Waals surface area contributed by atoms with Crippen LogP contribution in [0.2, 0.25) is 0 Å². The van der Waals surface area contributed by atoms with Crippen LogP contribution in [0.4, 0.5) is 5.82 Å². The van der Waals surface area contributed by atoms with Crippen molar-refractivity contribution in [2.45, 2.75) is 20.0 Å². The largest absolute Gasteiger partial charge is 0.497 e. The lowest BCUT2D eigenvalue weighted by Gasteiger charge is -2.26. The van der Waals surface area contributed by atoms with E-state index in [1.165, 1.54) is 20.3 Å². The first-order valence-corrected chi connectivity index (χ1v) is 9.80. The summed E-state index contributed by atoms with van der Waals surface area (Å²) in [7, 11) is 3.37. The minimum absolute atomic E-state index is 0.766. The number of anilines is 1. The fourth-order valence-electron chi connectivity index (χ4n) is 2.85. The van der Waals surface area contributed by atoms with Crippen molar-refractivity contribution in [3.8, 4) is 11.5 Å². The Bertz CT molecular complexity index is 830. The Morgan fingerprint density at radius 3 is 1.74 bits per heavy atom. The Morgan fingerprint density at radius 2 is 1.30 bits per heavy atom. The van der Waals surface area contributed by atoms with E-state index < -0.39 is 0 Å². The molecule has 27 heavy (non-hydrogen) atoms. The topological polar surface area (TPSA) is 34.6 Å². The molecule has 0 radical (unpaired) electrons. The van der Waals surface area contributed by atoms with E-state index in [-0.39, 0.29) is 0 Å². The number of hydrogen-bond donors (Lipinski definition) is 0. The minimum Gasteiger partial charge on any atom is -0.497 e. The fraction of sp³-hybridized carbons (Fsp3) is 0.227. The van der Waals surface area contributed by atoms with E-state index in [1.54, 1.807) is 14.2 Å². The van der Waals surface area contributed by atoms with Crippen molar-refractivity contribution in [2.24, 2.45) is 0 Å². The zero-order valence-corrected chi connectivity index (χ0v) is 17.9. The molecule has 2 aromatic carbocycles. The molecule has 1 aromatic heterocycles. The summed E-state index contributed by atoms with van der Waals surface area (Å²) in [5.41, 5.74) is 3.65. The molecular weight excluding hydrogens is 451 g/mol. The van der Waals surface area contributed by atoms with Gasteiger partial charge in [-0.15, -0.1) is 0 Å². The number of methoxy groups -OCH3 is 2. The van der Waals surface area contributed by atoms with Crippen LogP contribution in [0.1, 0.15) is 16.7 Å². The Kier molecular flexibility index (Phi) is 6.55. The summed E-state index contributed by atoms with van der Waals surface area (Å²) < 4.78 is 11.7. The van der Waals surface area contributed by atoms with Gasteiger partial charge in [0, 0.05) is 19.3 Å². The maximum atomic E-state index is 5.27. The van der Waals surface area contributed by atoms with E-state index in [1.807, 2.05) is 36.5 Å². The third kappa shape index (κ3) is 4.91. The van der Waals surface area contributed by atoms with Crippen LogP contribution in [0.25, 0.3) is 0 Å². The van der Waals surface area contributed by atoms with Crippen LogP contribution in [-0.2, 0) is 13.1 Å². The highest BCUT2D eigenvalue weighted by atomic mass is 127. The third-order valence-electron chi connectivity index (χ3n) is 4.43. The molecule has 1 heterocycles. The summed E-state index contributed by atoms with van der Waals surface area (Å²) in [6, 6.07) is 18.4. The SMILES string of the molecule is COc1ccc(CN(Cc2ccc(OC)cc2)c2nccc(C)c2I)cc1. The van der Waals surface area contributed by atoms with Crippen molar-refractivity contribution >= 4 is 28.4 Å². The van der Waals surface area contributed by atoms with Crippen molar-refractivity contribution < 1.29 is 9.47 Å². The van der Waals surface area contributed by atoms with Gasteiger partial charge in [0.05, 0.1) is 17.8 Å². The van der Waals surface area contributed by atoms with Crippen LogP contribution in [0.3, 0.4) is 0 Å². The predicted molar refractivity (Wildman–Crippen MR) is 118 cm³/mol. The molecule has 0 saturated carbocycles. The van der Waals surface area contributed by atoms with Gasteiger partial charge in [-0.1, -0.05) is 24.3 Å². The zero-order valence-electron chi connectivity index (χ0n) is 15.8. The second-order valence-electron chi connectivity index (χ2n) is 6.32.